The number of sulfonamides is 1. The Kier molecular flexibility index (Phi) is 6.65. The van der Waals surface area contributed by atoms with Crippen molar-refractivity contribution in [3.8, 4) is 0 Å². The Morgan fingerprint density at radius 2 is 1.50 bits per heavy atom. The highest BCUT2D eigenvalue weighted by atomic mass is 32.2. The van der Waals surface area contributed by atoms with Crippen molar-refractivity contribution in [3.05, 3.63) is 45.7 Å². The molecule has 0 amide bonds. The van der Waals surface area contributed by atoms with Crippen LogP contribution in [-0.4, -0.2) is 27.1 Å². The van der Waals surface area contributed by atoms with Crippen LogP contribution < -0.4 is 0 Å². The van der Waals surface area contributed by atoms with Crippen LogP contribution in [0.5, 0.6) is 0 Å². The minimum Gasteiger partial charge on any atom is -0.258 e. The number of non-ortho nitro benzene ring substituents is 1. The van der Waals surface area contributed by atoms with Crippen LogP contribution in [0, 0.1) is 10.1 Å². The third-order valence-corrected chi connectivity index (χ3v) is 14.4. The lowest BCUT2D eigenvalue weighted by molar-refractivity contribution is -0.384. The van der Waals surface area contributed by atoms with Crippen molar-refractivity contribution in [3.63, 3.8) is 0 Å². The SMILES string of the molecule is CC(C)[Si](C1=CCC/C1=N\S(=O)(=O)c1ccc([N+](=O)[O-])cc1)(C(C)C)C(C)C. The van der Waals surface area contributed by atoms with Crippen molar-refractivity contribution in [2.45, 2.75) is 75.9 Å². The van der Waals surface area contributed by atoms with Gasteiger partial charge in [0.1, 0.15) is 0 Å². The monoisotopic (exact) mass is 422 g/mol. The maximum Gasteiger partial charge on any atom is 0.282 e. The summed E-state index contributed by atoms with van der Waals surface area (Å²) < 4.78 is 30.0. The second kappa shape index (κ2) is 8.29. The maximum atomic E-state index is 12.9. The number of nitro groups is 1. The zero-order valence-corrected chi connectivity index (χ0v) is 19.3. The van der Waals surface area contributed by atoms with Gasteiger partial charge in [-0.1, -0.05) is 47.6 Å². The summed E-state index contributed by atoms with van der Waals surface area (Å²) in [6, 6.07) is 4.92. The van der Waals surface area contributed by atoms with Crippen LogP contribution in [0.4, 0.5) is 5.69 Å². The van der Waals surface area contributed by atoms with Gasteiger partial charge in [-0.2, -0.15) is 12.8 Å². The van der Waals surface area contributed by atoms with Crippen molar-refractivity contribution in [2.75, 3.05) is 0 Å². The summed E-state index contributed by atoms with van der Waals surface area (Å²) in [6.45, 7) is 13.5. The number of nitro benzene ring substituents is 1. The minimum absolute atomic E-state index is 0.0113. The van der Waals surface area contributed by atoms with Crippen molar-refractivity contribution in [1.82, 2.24) is 0 Å². The smallest absolute Gasteiger partial charge is 0.258 e. The Bertz CT molecular complexity index is 879. The van der Waals surface area contributed by atoms with E-state index in [-0.39, 0.29) is 10.6 Å². The van der Waals surface area contributed by atoms with Crippen molar-refractivity contribution in [1.29, 1.82) is 0 Å². The molecule has 0 fully saturated rings. The predicted octanol–water partition coefficient (Wildman–Crippen LogP) is 5.66. The Morgan fingerprint density at radius 3 is 1.93 bits per heavy atom. The van der Waals surface area contributed by atoms with E-state index >= 15 is 0 Å². The molecule has 0 heterocycles. The first-order valence-electron chi connectivity index (χ1n) is 9.73. The summed E-state index contributed by atoms with van der Waals surface area (Å²) in [4.78, 5) is 10.3. The van der Waals surface area contributed by atoms with E-state index in [1.165, 1.54) is 29.5 Å². The molecule has 0 aliphatic heterocycles. The van der Waals surface area contributed by atoms with E-state index in [4.69, 9.17) is 0 Å². The van der Waals surface area contributed by atoms with Crippen LogP contribution in [0.15, 0.2) is 44.8 Å². The summed E-state index contributed by atoms with van der Waals surface area (Å²) in [5.74, 6) is 0. The average Bonchev–Trinajstić information content (AvgIpc) is 3.02. The van der Waals surface area contributed by atoms with Crippen LogP contribution in [0.3, 0.4) is 0 Å². The maximum absolute atomic E-state index is 12.9. The molecule has 2 rings (SSSR count). The molecular weight excluding hydrogens is 392 g/mol. The molecule has 28 heavy (non-hydrogen) atoms. The molecule has 1 aromatic rings. The highest BCUT2D eigenvalue weighted by molar-refractivity contribution is 7.90. The third-order valence-electron chi connectivity index (χ3n) is 5.95. The van der Waals surface area contributed by atoms with Gasteiger partial charge in [0.25, 0.3) is 15.7 Å². The van der Waals surface area contributed by atoms with Crippen molar-refractivity contribution in [2.24, 2.45) is 4.40 Å². The van der Waals surface area contributed by atoms with E-state index in [0.717, 1.165) is 6.42 Å². The number of rotatable bonds is 7. The van der Waals surface area contributed by atoms with Gasteiger partial charge in [0.2, 0.25) is 0 Å². The van der Waals surface area contributed by atoms with E-state index in [1.54, 1.807) is 0 Å². The molecule has 0 spiro atoms. The number of allylic oxidation sites excluding steroid dienone is 2. The normalized spacial score (nSPS) is 17.0. The number of nitrogens with zero attached hydrogens (tertiary/aromatic N) is 2. The average molecular weight is 423 g/mol. The van der Waals surface area contributed by atoms with Gasteiger partial charge >= 0.3 is 0 Å². The van der Waals surface area contributed by atoms with Crippen LogP contribution in [-0.2, 0) is 10.0 Å². The molecule has 0 N–H and O–H groups in total. The first-order chi connectivity index (χ1) is 12.9. The molecule has 0 bridgehead atoms. The largest absolute Gasteiger partial charge is 0.282 e. The van der Waals surface area contributed by atoms with E-state index in [1.807, 2.05) is 0 Å². The summed E-state index contributed by atoms with van der Waals surface area (Å²) in [5, 5.41) is 12.0. The summed E-state index contributed by atoms with van der Waals surface area (Å²) in [6.07, 6.45) is 3.64. The first kappa shape index (κ1) is 22.5. The van der Waals surface area contributed by atoms with Gasteiger partial charge in [-0.05, 0) is 46.8 Å². The third kappa shape index (κ3) is 3.98. The number of hydrogen-bond acceptors (Lipinski definition) is 4. The summed E-state index contributed by atoms with van der Waals surface area (Å²) in [7, 11) is -5.92. The number of benzene rings is 1. The highest BCUT2D eigenvalue weighted by Gasteiger charge is 2.48. The van der Waals surface area contributed by atoms with Crippen molar-refractivity contribution >= 4 is 29.5 Å². The second-order valence-corrected chi connectivity index (χ2v) is 15.8. The van der Waals surface area contributed by atoms with Gasteiger partial charge in [0.05, 0.1) is 23.6 Å². The Morgan fingerprint density at radius 1 is 1.00 bits per heavy atom. The molecule has 0 saturated carbocycles. The molecule has 0 aromatic heterocycles. The van der Waals surface area contributed by atoms with E-state index in [9.17, 15) is 18.5 Å². The molecule has 8 heteroatoms. The molecule has 1 aliphatic rings. The van der Waals surface area contributed by atoms with E-state index in [2.05, 4.69) is 52.0 Å². The molecule has 154 valence electrons. The van der Waals surface area contributed by atoms with Crippen molar-refractivity contribution < 1.29 is 13.3 Å². The fourth-order valence-corrected chi connectivity index (χ4v) is 13.2. The Balaban J connectivity index is 2.52. The highest BCUT2D eigenvalue weighted by Crippen LogP contribution is 2.48. The van der Waals surface area contributed by atoms with Crippen LogP contribution in [0.2, 0.25) is 16.6 Å². The summed E-state index contributed by atoms with van der Waals surface area (Å²) >= 11 is 0. The quantitative estimate of drug-likeness (QED) is 0.322. The molecule has 1 aliphatic carbocycles. The predicted molar refractivity (Wildman–Crippen MR) is 116 cm³/mol. The fraction of sp³-hybridized carbons (Fsp3) is 0.550. The van der Waals surface area contributed by atoms with Gasteiger partial charge in [-0.15, -0.1) is 0 Å². The Hall–Kier alpha value is -1.80. The van der Waals surface area contributed by atoms with Crippen LogP contribution >= 0.6 is 0 Å². The lowest BCUT2D eigenvalue weighted by atomic mass is 10.3. The molecule has 1 aromatic carbocycles. The molecule has 0 atom stereocenters. The molecule has 0 radical (unpaired) electrons. The lowest BCUT2D eigenvalue weighted by Crippen LogP contribution is -2.48. The molecular formula is C20H30N2O4SSi. The lowest BCUT2D eigenvalue weighted by Gasteiger charge is -2.44. The topological polar surface area (TPSA) is 89.6 Å². The minimum atomic E-state index is -3.91. The van der Waals surface area contributed by atoms with Gasteiger partial charge < -0.3 is 0 Å². The van der Waals surface area contributed by atoms with Gasteiger partial charge in [-0.3, -0.25) is 10.1 Å². The van der Waals surface area contributed by atoms with Crippen LogP contribution in [0.25, 0.3) is 0 Å². The van der Waals surface area contributed by atoms with Gasteiger partial charge in [-0.25, -0.2) is 0 Å². The standard InChI is InChI=1S/C20H30N2O4SSi/c1-14(2)28(15(3)4,16(5)6)20-9-7-8-19(20)21-27(25,26)18-12-10-17(11-13-18)22(23)24/h9-16H,7-8H2,1-6H3/b21-19+. The first-order valence-corrected chi connectivity index (χ1v) is 13.4. The van der Waals surface area contributed by atoms with E-state index in [0.29, 0.717) is 28.8 Å². The van der Waals surface area contributed by atoms with Gasteiger partial charge in [0, 0.05) is 12.1 Å². The number of hydrogen-bond donors (Lipinski definition) is 0. The Labute approximate surface area is 169 Å². The van der Waals surface area contributed by atoms with E-state index < -0.39 is 23.0 Å². The zero-order valence-electron chi connectivity index (χ0n) is 17.5. The molecule has 0 unspecified atom stereocenters. The zero-order chi connectivity index (χ0) is 21.3. The molecule has 6 nitrogen and oxygen atoms in total. The van der Waals surface area contributed by atoms with Crippen LogP contribution in [0.1, 0.15) is 54.4 Å². The fourth-order valence-electron chi connectivity index (χ4n) is 5.00. The van der Waals surface area contributed by atoms with Gasteiger partial charge in [0.15, 0.2) is 0 Å². The second-order valence-electron chi connectivity index (χ2n) is 8.32. The molecule has 0 saturated heterocycles. The summed E-state index contributed by atoms with van der Waals surface area (Å²) in [5.41, 5.74) is 1.93.